The Balaban J connectivity index is 0.000000428. The summed E-state index contributed by atoms with van der Waals surface area (Å²) < 4.78 is 0. The molecule has 0 spiro atoms. The van der Waals surface area contributed by atoms with Gasteiger partial charge in [-0.05, 0) is 12.8 Å². The molecule has 0 unspecified atom stereocenters. The van der Waals surface area contributed by atoms with Crippen molar-refractivity contribution in [2.75, 3.05) is 0 Å². The van der Waals surface area contributed by atoms with Crippen LogP contribution in [0.25, 0.3) is 0 Å². The Morgan fingerprint density at radius 2 is 1.10 bits per heavy atom. The van der Waals surface area contributed by atoms with Crippen molar-refractivity contribution >= 4 is 14.1 Å². The SMILES string of the molecule is CC(C)[CH2][Al]([CH2]C(C)C)[CH2]C(C)C.NC1CCCCC1. The highest BCUT2D eigenvalue weighted by atomic mass is 27.2. The zero-order chi connectivity index (χ0) is 15.5. The van der Waals surface area contributed by atoms with Crippen molar-refractivity contribution in [3.05, 3.63) is 0 Å². The molecule has 0 saturated heterocycles. The van der Waals surface area contributed by atoms with Crippen LogP contribution < -0.4 is 5.73 Å². The van der Waals surface area contributed by atoms with Crippen LogP contribution in [0, 0.1) is 17.8 Å². The minimum atomic E-state index is -0.407. The molecule has 20 heavy (non-hydrogen) atoms. The normalized spacial score (nSPS) is 16.5. The average molecular weight is 298 g/mol. The lowest BCUT2D eigenvalue weighted by Crippen LogP contribution is -2.22. The summed E-state index contributed by atoms with van der Waals surface area (Å²) in [6, 6.07) is 0.536. The fourth-order valence-corrected chi connectivity index (χ4v) is 8.00. The van der Waals surface area contributed by atoms with Gasteiger partial charge in [0.2, 0.25) is 0 Å². The van der Waals surface area contributed by atoms with Gasteiger partial charge < -0.3 is 5.73 Å². The van der Waals surface area contributed by atoms with E-state index >= 15 is 0 Å². The predicted octanol–water partition coefficient (Wildman–Crippen LogP) is 5.73. The minimum Gasteiger partial charge on any atom is -0.328 e. The van der Waals surface area contributed by atoms with Crippen LogP contribution in [0.2, 0.25) is 15.8 Å². The molecule has 0 bridgehead atoms. The number of nitrogens with two attached hydrogens (primary N) is 1. The van der Waals surface area contributed by atoms with E-state index in [0.29, 0.717) is 6.04 Å². The molecule has 0 aromatic carbocycles. The first kappa shape index (κ1) is 20.5. The topological polar surface area (TPSA) is 26.0 Å². The highest BCUT2D eigenvalue weighted by Gasteiger charge is 2.20. The van der Waals surface area contributed by atoms with Gasteiger partial charge in [-0.15, -0.1) is 0 Å². The first-order chi connectivity index (χ1) is 9.31. The second-order valence-corrected chi connectivity index (χ2v) is 11.3. The maximum atomic E-state index is 5.63. The van der Waals surface area contributed by atoms with Gasteiger partial charge in [-0.2, -0.15) is 0 Å². The smallest absolute Gasteiger partial charge is 0.262 e. The third kappa shape index (κ3) is 13.5. The molecule has 0 radical (unpaired) electrons. The first-order valence-corrected chi connectivity index (χ1v) is 11.5. The molecule has 1 aliphatic carbocycles. The van der Waals surface area contributed by atoms with E-state index in [9.17, 15) is 0 Å². The van der Waals surface area contributed by atoms with Gasteiger partial charge in [-0.1, -0.05) is 94.4 Å². The summed E-state index contributed by atoms with van der Waals surface area (Å²) >= 11 is -0.407. The molecule has 0 aliphatic heterocycles. The molecule has 1 aliphatic rings. The van der Waals surface area contributed by atoms with Gasteiger partial charge in [0.05, 0.1) is 0 Å². The van der Waals surface area contributed by atoms with Crippen molar-refractivity contribution in [1.29, 1.82) is 0 Å². The molecule has 0 aromatic heterocycles. The van der Waals surface area contributed by atoms with E-state index in [1.807, 2.05) is 0 Å². The summed E-state index contributed by atoms with van der Waals surface area (Å²) in [7, 11) is 0. The van der Waals surface area contributed by atoms with Crippen LogP contribution in [0.3, 0.4) is 0 Å². The lowest BCUT2D eigenvalue weighted by Gasteiger charge is -2.17. The van der Waals surface area contributed by atoms with Gasteiger partial charge in [-0.3, -0.25) is 0 Å². The van der Waals surface area contributed by atoms with Crippen LogP contribution in [0.4, 0.5) is 0 Å². The predicted molar refractivity (Wildman–Crippen MR) is 95.7 cm³/mol. The zero-order valence-electron chi connectivity index (χ0n) is 15.1. The lowest BCUT2D eigenvalue weighted by atomic mass is 9.97. The van der Waals surface area contributed by atoms with Gasteiger partial charge in [0.15, 0.2) is 0 Å². The summed E-state index contributed by atoms with van der Waals surface area (Å²) in [6.07, 6.45) is 6.66. The molecule has 1 fully saturated rings. The van der Waals surface area contributed by atoms with Gasteiger partial charge in [0.1, 0.15) is 0 Å². The van der Waals surface area contributed by atoms with Crippen molar-refractivity contribution in [2.45, 2.75) is 95.5 Å². The Morgan fingerprint density at radius 3 is 1.30 bits per heavy atom. The molecule has 1 saturated carbocycles. The fourth-order valence-electron chi connectivity index (χ4n) is 3.42. The Kier molecular flexibility index (Phi) is 12.4. The van der Waals surface area contributed by atoms with Crippen molar-refractivity contribution in [2.24, 2.45) is 23.5 Å². The molecule has 0 aromatic rings. The molecular formula is C18H40AlN. The Labute approximate surface area is 133 Å². The van der Waals surface area contributed by atoms with Gasteiger partial charge in [0, 0.05) is 6.04 Å². The summed E-state index contributed by atoms with van der Waals surface area (Å²) in [4.78, 5) is 0. The Bertz CT molecular complexity index is 184. The van der Waals surface area contributed by atoms with Crippen LogP contribution >= 0.6 is 0 Å². The summed E-state index contributed by atoms with van der Waals surface area (Å²) in [6.45, 7) is 14.3. The second-order valence-electron chi connectivity index (χ2n) is 8.15. The molecule has 0 amide bonds. The standard InChI is InChI=1S/C6H13N.3C4H9.Al/c7-6-4-2-1-3-5-6;3*1-4(2)3;/h6H,1-5,7H2;3*4H,1H2,2-3H3;. The van der Waals surface area contributed by atoms with Crippen LogP contribution in [-0.2, 0) is 0 Å². The summed E-state index contributed by atoms with van der Waals surface area (Å²) in [5.41, 5.74) is 5.63. The third-order valence-electron chi connectivity index (χ3n) is 4.06. The summed E-state index contributed by atoms with van der Waals surface area (Å²) in [5, 5.41) is 4.66. The van der Waals surface area contributed by atoms with Gasteiger partial charge in [-0.25, -0.2) is 0 Å². The molecule has 1 rings (SSSR count). The molecule has 2 N–H and O–H groups in total. The van der Waals surface area contributed by atoms with Crippen molar-refractivity contribution in [3.8, 4) is 0 Å². The number of hydrogen-bond donors (Lipinski definition) is 1. The molecule has 1 nitrogen and oxygen atoms in total. The first-order valence-electron chi connectivity index (χ1n) is 9.06. The summed E-state index contributed by atoms with van der Waals surface area (Å²) in [5.74, 6) is 2.78. The highest BCUT2D eigenvalue weighted by molar-refractivity contribution is 6.58. The van der Waals surface area contributed by atoms with Crippen molar-refractivity contribution in [3.63, 3.8) is 0 Å². The van der Waals surface area contributed by atoms with E-state index < -0.39 is 14.1 Å². The Morgan fingerprint density at radius 1 is 0.750 bits per heavy atom. The largest absolute Gasteiger partial charge is 0.328 e. The zero-order valence-corrected chi connectivity index (χ0v) is 16.3. The van der Waals surface area contributed by atoms with Crippen LogP contribution in [0.5, 0.6) is 0 Å². The molecule has 0 heterocycles. The molecule has 2 heteroatoms. The Hall–Kier alpha value is 0.492. The van der Waals surface area contributed by atoms with E-state index in [1.165, 1.54) is 32.1 Å². The molecule has 0 atom stereocenters. The van der Waals surface area contributed by atoms with Crippen LogP contribution in [-0.4, -0.2) is 20.2 Å². The molecule has 120 valence electrons. The maximum Gasteiger partial charge on any atom is 0.262 e. The lowest BCUT2D eigenvalue weighted by molar-refractivity contribution is 0.441. The number of rotatable bonds is 6. The minimum absolute atomic E-state index is 0.407. The highest BCUT2D eigenvalue weighted by Crippen LogP contribution is 2.21. The van der Waals surface area contributed by atoms with E-state index in [4.69, 9.17) is 5.73 Å². The molecular weight excluding hydrogens is 257 g/mol. The van der Waals surface area contributed by atoms with E-state index in [1.54, 1.807) is 15.8 Å². The van der Waals surface area contributed by atoms with Gasteiger partial charge in [0.25, 0.3) is 14.1 Å². The van der Waals surface area contributed by atoms with Crippen molar-refractivity contribution < 1.29 is 0 Å². The van der Waals surface area contributed by atoms with Gasteiger partial charge >= 0.3 is 0 Å². The average Bonchev–Trinajstić information content (AvgIpc) is 2.27. The van der Waals surface area contributed by atoms with Crippen LogP contribution in [0.15, 0.2) is 0 Å². The monoisotopic (exact) mass is 297 g/mol. The van der Waals surface area contributed by atoms with E-state index in [-0.39, 0.29) is 0 Å². The third-order valence-corrected chi connectivity index (χ3v) is 8.89. The quantitative estimate of drug-likeness (QED) is 0.623. The van der Waals surface area contributed by atoms with E-state index in [0.717, 1.165) is 17.8 Å². The van der Waals surface area contributed by atoms with Crippen LogP contribution in [0.1, 0.15) is 73.6 Å². The second kappa shape index (κ2) is 12.1. The number of hydrogen-bond acceptors (Lipinski definition) is 1. The fraction of sp³-hybridized carbons (Fsp3) is 1.00. The maximum absolute atomic E-state index is 5.63. The van der Waals surface area contributed by atoms with Crippen molar-refractivity contribution in [1.82, 2.24) is 0 Å². The van der Waals surface area contributed by atoms with E-state index in [2.05, 4.69) is 41.5 Å².